The topological polar surface area (TPSA) is 72.9 Å². The van der Waals surface area contributed by atoms with Gasteiger partial charge in [0.2, 0.25) is 0 Å². The maximum atomic E-state index is 12.5. The smallest absolute Gasteiger partial charge is 0.304 e. The van der Waals surface area contributed by atoms with Crippen molar-refractivity contribution in [3.05, 3.63) is 24.3 Å². The minimum atomic E-state index is -3.52. The highest BCUT2D eigenvalue weighted by molar-refractivity contribution is 7.90. The zero-order chi connectivity index (χ0) is 14.2. The lowest BCUT2D eigenvalue weighted by atomic mass is 10.2. The van der Waals surface area contributed by atoms with Crippen LogP contribution in [0.15, 0.2) is 24.3 Å². The van der Waals surface area contributed by atoms with E-state index in [-0.39, 0.29) is 11.8 Å². The van der Waals surface area contributed by atoms with E-state index in [9.17, 15) is 13.5 Å². The van der Waals surface area contributed by atoms with Gasteiger partial charge in [-0.05, 0) is 31.5 Å². The van der Waals surface area contributed by atoms with Gasteiger partial charge in [0.05, 0.1) is 5.69 Å². The van der Waals surface area contributed by atoms with Crippen molar-refractivity contribution in [2.75, 3.05) is 30.5 Å². The summed E-state index contributed by atoms with van der Waals surface area (Å²) in [5.41, 5.74) is 0.356. The van der Waals surface area contributed by atoms with Gasteiger partial charge in [0.15, 0.2) is 0 Å². The van der Waals surface area contributed by atoms with Crippen LogP contribution in [0, 0.1) is 0 Å². The van der Waals surface area contributed by atoms with Gasteiger partial charge in [0.1, 0.15) is 5.75 Å². The van der Waals surface area contributed by atoms with E-state index in [0.717, 1.165) is 19.4 Å². The summed E-state index contributed by atoms with van der Waals surface area (Å²) < 4.78 is 27.9. The number of nitrogens with one attached hydrogen (secondary N) is 1. The van der Waals surface area contributed by atoms with E-state index in [0.29, 0.717) is 25.3 Å². The Labute approximate surface area is 119 Å². The van der Waals surface area contributed by atoms with Crippen LogP contribution in [0.4, 0.5) is 5.69 Å². The lowest BCUT2D eigenvalue weighted by Gasteiger charge is -2.22. The number of hydrogen-bond donors (Lipinski definition) is 2. The number of phenolic OH excluding ortho intramolecular Hbond substituents is 1. The van der Waals surface area contributed by atoms with Gasteiger partial charge in [0.25, 0.3) is 0 Å². The fraction of sp³-hybridized carbons (Fsp3) is 0.538. The van der Waals surface area contributed by atoms with Gasteiger partial charge in [-0.25, -0.2) is 0 Å². The van der Waals surface area contributed by atoms with Gasteiger partial charge < -0.3 is 10.4 Å². The molecule has 7 heteroatoms. The molecule has 0 amide bonds. The predicted molar refractivity (Wildman–Crippen MR) is 77.0 cm³/mol. The lowest BCUT2D eigenvalue weighted by molar-refractivity contribution is 0.398. The summed E-state index contributed by atoms with van der Waals surface area (Å²) in [4.78, 5) is 0. The molecule has 0 spiro atoms. The van der Waals surface area contributed by atoms with E-state index in [2.05, 4.69) is 5.32 Å². The second kappa shape index (κ2) is 5.23. The second-order valence-electron chi connectivity index (χ2n) is 5.22. The number of anilines is 1. The van der Waals surface area contributed by atoms with Crippen molar-refractivity contribution in [3.8, 4) is 5.75 Å². The first kappa shape index (κ1) is 13.7. The van der Waals surface area contributed by atoms with Crippen LogP contribution in [0.25, 0.3) is 0 Å². The molecule has 0 bridgehead atoms. The molecular formula is C13H19N3O3S. The molecule has 1 atom stereocenters. The van der Waals surface area contributed by atoms with E-state index in [4.69, 9.17) is 0 Å². The molecule has 3 rings (SSSR count). The second-order valence-corrected chi connectivity index (χ2v) is 7.07. The van der Waals surface area contributed by atoms with Gasteiger partial charge in [-0.3, -0.25) is 4.31 Å². The minimum Gasteiger partial charge on any atom is -0.506 e. The molecule has 0 aromatic heterocycles. The Kier molecular flexibility index (Phi) is 3.57. The van der Waals surface area contributed by atoms with E-state index in [1.54, 1.807) is 18.2 Å². The van der Waals surface area contributed by atoms with Crippen LogP contribution in [0.5, 0.6) is 5.75 Å². The largest absolute Gasteiger partial charge is 0.506 e. The third-order valence-electron chi connectivity index (χ3n) is 3.89. The van der Waals surface area contributed by atoms with Crippen molar-refractivity contribution in [2.24, 2.45) is 0 Å². The number of aromatic hydroxyl groups is 1. The fourth-order valence-electron chi connectivity index (χ4n) is 2.84. The highest BCUT2D eigenvalue weighted by Gasteiger charge is 2.39. The number of benzene rings is 1. The quantitative estimate of drug-likeness (QED) is 0.853. The number of nitrogens with zero attached hydrogens (tertiary/aromatic N) is 2. The Morgan fingerprint density at radius 1 is 1.30 bits per heavy atom. The predicted octanol–water partition coefficient (Wildman–Crippen LogP) is 0.511. The Morgan fingerprint density at radius 2 is 2.10 bits per heavy atom. The molecule has 1 aromatic carbocycles. The SMILES string of the molecule is O=S1(=O)N(CC2CCCN2)CCN1c1ccccc1O. The van der Waals surface area contributed by atoms with Crippen LogP contribution < -0.4 is 9.62 Å². The molecule has 2 saturated heterocycles. The Hall–Kier alpha value is -1.31. The molecule has 2 aliphatic rings. The highest BCUT2D eigenvalue weighted by Crippen LogP contribution is 2.32. The summed E-state index contributed by atoms with van der Waals surface area (Å²) in [6, 6.07) is 6.79. The normalized spacial score (nSPS) is 26.2. The van der Waals surface area contributed by atoms with E-state index in [1.165, 1.54) is 14.7 Å². The van der Waals surface area contributed by atoms with Crippen molar-refractivity contribution in [2.45, 2.75) is 18.9 Å². The van der Waals surface area contributed by atoms with Gasteiger partial charge in [-0.15, -0.1) is 0 Å². The van der Waals surface area contributed by atoms with E-state index < -0.39 is 10.2 Å². The summed E-state index contributed by atoms with van der Waals surface area (Å²) in [7, 11) is -3.52. The number of phenols is 1. The third kappa shape index (κ3) is 2.36. The van der Waals surface area contributed by atoms with Crippen molar-refractivity contribution < 1.29 is 13.5 Å². The molecule has 2 N–H and O–H groups in total. The average molecular weight is 297 g/mol. The first-order valence-electron chi connectivity index (χ1n) is 6.88. The molecule has 1 aromatic rings. The lowest BCUT2D eigenvalue weighted by Crippen LogP contribution is -2.40. The Balaban J connectivity index is 1.80. The molecule has 1 unspecified atom stereocenters. The van der Waals surface area contributed by atoms with Crippen LogP contribution in [0.1, 0.15) is 12.8 Å². The summed E-state index contributed by atoms with van der Waals surface area (Å²) >= 11 is 0. The van der Waals surface area contributed by atoms with Gasteiger partial charge in [0, 0.05) is 25.7 Å². The van der Waals surface area contributed by atoms with Crippen LogP contribution >= 0.6 is 0 Å². The standard InChI is InChI=1S/C13H19N3O3S/c17-13-6-2-1-5-12(13)16-9-8-15(20(16,18)19)10-11-4-3-7-14-11/h1-2,5-6,11,14,17H,3-4,7-10H2. The highest BCUT2D eigenvalue weighted by atomic mass is 32.2. The monoisotopic (exact) mass is 297 g/mol. The first-order chi connectivity index (χ1) is 9.59. The van der Waals surface area contributed by atoms with Crippen molar-refractivity contribution in [3.63, 3.8) is 0 Å². The molecule has 20 heavy (non-hydrogen) atoms. The van der Waals surface area contributed by atoms with Crippen LogP contribution in [0.3, 0.4) is 0 Å². The Morgan fingerprint density at radius 3 is 2.80 bits per heavy atom. The number of rotatable bonds is 3. The third-order valence-corrected chi connectivity index (χ3v) is 5.81. The summed E-state index contributed by atoms with van der Waals surface area (Å²) in [5, 5.41) is 13.1. The van der Waals surface area contributed by atoms with E-state index in [1.807, 2.05) is 0 Å². The Bertz CT molecular complexity index is 584. The summed E-state index contributed by atoms with van der Waals surface area (Å²) in [6.45, 7) is 2.32. The molecule has 2 aliphatic heterocycles. The van der Waals surface area contributed by atoms with Crippen LogP contribution in [-0.2, 0) is 10.2 Å². The zero-order valence-electron chi connectivity index (χ0n) is 11.2. The molecule has 6 nitrogen and oxygen atoms in total. The van der Waals surface area contributed by atoms with E-state index >= 15 is 0 Å². The van der Waals surface area contributed by atoms with Crippen molar-refractivity contribution in [1.29, 1.82) is 0 Å². The van der Waals surface area contributed by atoms with Crippen LogP contribution in [-0.4, -0.2) is 50.1 Å². The first-order valence-corrected chi connectivity index (χ1v) is 8.28. The molecule has 0 aliphatic carbocycles. The van der Waals surface area contributed by atoms with Gasteiger partial charge in [-0.2, -0.15) is 12.7 Å². The maximum absolute atomic E-state index is 12.5. The minimum absolute atomic E-state index is 0.00286. The molecular weight excluding hydrogens is 278 g/mol. The zero-order valence-corrected chi connectivity index (χ0v) is 12.0. The summed E-state index contributed by atoms with van der Waals surface area (Å²) in [6.07, 6.45) is 2.12. The maximum Gasteiger partial charge on any atom is 0.304 e. The van der Waals surface area contributed by atoms with Crippen molar-refractivity contribution >= 4 is 15.9 Å². The van der Waals surface area contributed by atoms with Gasteiger partial charge >= 0.3 is 10.2 Å². The fourth-order valence-corrected chi connectivity index (χ4v) is 4.51. The van der Waals surface area contributed by atoms with Crippen LogP contribution in [0.2, 0.25) is 0 Å². The molecule has 0 saturated carbocycles. The average Bonchev–Trinajstić information content (AvgIpc) is 3.01. The number of para-hydroxylation sites is 2. The molecule has 0 radical (unpaired) electrons. The van der Waals surface area contributed by atoms with Crippen molar-refractivity contribution in [1.82, 2.24) is 9.62 Å². The molecule has 2 fully saturated rings. The molecule has 110 valence electrons. The number of hydrogen-bond acceptors (Lipinski definition) is 4. The molecule has 2 heterocycles. The summed E-state index contributed by atoms with van der Waals surface area (Å²) in [5.74, 6) is -0.00286. The van der Waals surface area contributed by atoms with Gasteiger partial charge in [-0.1, -0.05) is 12.1 Å².